The molecule has 0 heterocycles. The van der Waals surface area contributed by atoms with Gasteiger partial charge in [0.05, 0.1) is 6.04 Å². The zero-order chi connectivity index (χ0) is 12.8. The summed E-state index contributed by atoms with van der Waals surface area (Å²) in [7, 11) is 0. The van der Waals surface area contributed by atoms with Gasteiger partial charge >= 0.3 is 0 Å². The number of amides is 1. The molecule has 0 aromatic heterocycles. The summed E-state index contributed by atoms with van der Waals surface area (Å²) in [6, 6.07) is 6.99. The number of benzene rings is 1. The average Bonchev–Trinajstić information content (AvgIpc) is 2.28. The monoisotopic (exact) mass is 232 g/mol. The summed E-state index contributed by atoms with van der Waals surface area (Å²) in [4.78, 5) is 14.3. The molecule has 0 saturated heterocycles. The molecule has 4 nitrogen and oxygen atoms in total. The third-order valence-corrected chi connectivity index (χ3v) is 2.26. The molecule has 1 atom stereocenters. The van der Waals surface area contributed by atoms with Gasteiger partial charge in [-0.3, -0.25) is 4.79 Å². The Hall–Kier alpha value is -1.94. The molecule has 17 heavy (non-hydrogen) atoms. The summed E-state index contributed by atoms with van der Waals surface area (Å²) in [5.41, 5.74) is 7.51. The van der Waals surface area contributed by atoms with Gasteiger partial charge in [-0.2, -0.15) is 0 Å². The quantitative estimate of drug-likeness (QED) is 0.611. The molecule has 1 aromatic rings. The minimum absolute atomic E-state index is 0.0211. The Kier molecular flexibility index (Phi) is 4.60. The van der Waals surface area contributed by atoms with Crippen molar-refractivity contribution >= 4 is 12.1 Å². The second kappa shape index (κ2) is 5.96. The number of aliphatic hydroxyl groups excluding tert-OH is 1. The van der Waals surface area contributed by atoms with Crippen molar-refractivity contribution < 1.29 is 9.90 Å². The predicted molar refractivity (Wildman–Crippen MR) is 68.2 cm³/mol. The van der Waals surface area contributed by atoms with Gasteiger partial charge in [0.1, 0.15) is 5.76 Å². The first kappa shape index (κ1) is 13.1. The van der Waals surface area contributed by atoms with E-state index in [0.717, 1.165) is 11.1 Å². The molecule has 90 valence electrons. The lowest BCUT2D eigenvalue weighted by Gasteiger charge is -2.09. The maximum absolute atomic E-state index is 10.7. The summed E-state index contributed by atoms with van der Waals surface area (Å²) < 4.78 is 0. The number of rotatable bonds is 4. The van der Waals surface area contributed by atoms with Crippen molar-refractivity contribution in [3.05, 3.63) is 47.7 Å². The number of aliphatic imine (C=N–C) groups is 1. The second-order valence-electron chi connectivity index (χ2n) is 3.82. The van der Waals surface area contributed by atoms with Gasteiger partial charge in [0.2, 0.25) is 5.91 Å². The first-order valence-electron chi connectivity index (χ1n) is 5.26. The lowest BCUT2D eigenvalue weighted by Crippen LogP contribution is -2.24. The molecule has 1 rings (SSSR count). The van der Waals surface area contributed by atoms with Crippen LogP contribution in [-0.2, 0) is 11.2 Å². The predicted octanol–water partition coefficient (Wildman–Crippen LogP) is 1.59. The Labute approximate surface area is 100 Å². The largest absolute Gasteiger partial charge is 0.511 e. The number of carbonyl (C=O) groups is 1. The third kappa shape index (κ3) is 4.61. The highest BCUT2D eigenvalue weighted by atomic mass is 16.3. The first-order chi connectivity index (χ1) is 7.99. The van der Waals surface area contributed by atoms with E-state index in [9.17, 15) is 4.79 Å². The number of aliphatic hydroxyl groups is 1. The highest BCUT2D eigenvalue weighted by Gasteiger charge is 2.06. The van der Waals surface area contributed by atoms with Crippen molar-refractivity contribution in [2.45, 2.75) is 19.4 Å². The van der Waals surface area contributed by atoms with E-state index in [1.807, 2.05) is 24.3 Å². The van der Waals surface area contributed by atoms with Crippen LogP contribution in [0.5, 0.6) is 0 Å². The van der Waals surface area contributed by atoms with Crippen LogP contribution in [-0.4, -0.2) is 23.3 Å². The van der Waals surface area contributed by atoms with E-state index in [-0.39, 0.29) is 11.7 Å². The fourth-order valence-corrected chi connectivity index (χ4v) is 1.28. The van der Waals surface area contributed by atoms with E-state index < -0.39 is 6.04 Å². The van der Waals surface area contributed by atoms with Gasteiger partial charge in [-0.15, -0.1) is 0 Å². The van der Waals surface area contributed by atoms with Crippen molar-refractivity contribution in [2.75, 3.05) is 0 Å². The fourth-order valence-electron chi connectivity index (χ4n) is 1.28. The van der Waals surface area contributed by atoms with Crippen LogP contribution < -0.4 is 5.73 Å². The van der Waals surface area contributed by atoms with Crippen LogP contribution in [0.15, 0.2) is 41.6 Å². The molecule has 0 radical (unpaired) electrons. The molecule has 3 N–H and O–H groups in total. The van der Waals surface area contributed by atoms with Crippen molar-refractivity contribution in [1.82, 2.24) is 0 Å². The number of hydrogen-bond acceptors (Lipinski definition) is 3. The lowest BCUT2D eigenvalue weighted by molar-refractivity contribution is -0.115. The number of hydrogen-bond donors (Lipinski definition) is 2. The summed E-state index contributed by atoms with van der Waals surface area (Å²) in [5.74, 6) is -0.250. The van der Waals surface area contributed by atoms with Crippen molar-refractivity contribution in [2.24, 2.45) is 10.7 Å². The smallest absolute Gasteiger partial charge is 0.242 e. The van der Waals surface area contributed by atoms with Gasteiger partial charge < -0.3 is 10.8 Å². The Morgan fingerprint density at radius 1 is 1.53 bits per heavy atom. The van der Waals surface area contributed by atoms with Crippen LogP contribution in [0.2, 0.25) is 0 Å². The maximum atomic E-state index is 10.7. The van der Waals surface area contributed by atoms with Crippen molar-refractivity contribution in [3.63, 3.8) is 0 Å². The Balaban J connectivity index is 2.68. The van der Waals surface area contributed by atoms with Gasteiger partial charge in [0, 0.05) is 13.1 Å². The molecule has 1 aromatic carbocycles. The number of nitrogens with zero attached hydrogens (tertiary/aromatic N) is 1. The van der Waals surface area contributed by atoms with Crippen LogP contribution in [0.25, 0.3) is 0 Å². The van der Waals surface area contributed by atoms with E-state index in [0.29, 0.717) is 6.42 Å². The van der Waals surface area contributed by atoms with E-state index in [1.165, 1.54) is 13.1 Å². The molecule has 0 aliphatic carbocycles. The third-order valence-electron chi connectivity index (χ3n) is 2.26. The van der Waals surface area contributed by atoms with Crippen molar-refractivity contribution in [3.8, 4) is 0 Å². The Morgan fingerprint density at radius 2 is 2.12 bits per heavy atom. The normalized spacial score (nSPS) is 12.6. The molecule has 0 aliphatic rings. The summed E-state index contributed by atoms with van der Waals surface area (Å²) in [6.45, 7) is 4.79. The van der Waals surface area contributed by atoms with E-state index >= 15 is 0 Å². The average molecular weight is 232 g/mol. The van der Waals surface area contributed by atoms with E-state index in [1.54, 1.807) is 0 Å². The van der Waals surface area contributed by atoms with Gasteiger partial charge in [-0.1, -0.05) is 30.8 Å². The van der Waals surface area contributed by atoms with Crippen LogP contribution in [0.1, 0.15) is 18.1 Å². The first-order valence-corrected chi connectivity index (χ1v) is 5.26. The lowest BCUT2D eigenvalue weighted by atomic mass is 10.0. The molecule has 0 fully saturated rings. The standard InChI is InChI=1S/C13H16N2O2/c1-9(16)13(14)7-11-3-5-12(6-4-11)8-15-10(2)17/h3-6,8,13,16H,1,7,14H2,2H3. The molecule has 0 spiro atoms. The van der Waals surface area contributed by atoms with Gasteiger partial charge in [0.15, 0.2) is 0 Å². The van der Waals surface area contributed by atoms with Gasteiger partial charge in [-0.25, -0.2) is 4.99 Å². The zero-order valence-electron chi connectivity index (χ0n) is 9.76. The minimum Gasteiger partial charge on any atom is -0.511 e. The van der Waals surface area contributed by atoms with Crippen LogP contribution >= 0.6 is 0 Å². The number of carbonyl (C=O) groups excluding carboxylic acids is 1. The van der Waals surface area contributed by atoms with Crippen molar-refractivity contribution in [1.29, 1.82) is 0 Å². The summed E-state index contributed by atoms with van der Waals surface area (Å²) in [5, 5.41) is 9.10. The molecule has 0 saturated carbocycles. The van der Waals surface area contributed by atoms with Gasteiger partial charge in [0.25, 0.3) is 0 Å². The van der Waals surface area contributed by atoms with Crippen LogP contribution in [0.3, 0.4) is 0 Å². The Bertz CT molecular complexity index is 435. The molecule has 0 bridgehead atoms. The van der Waals surface area contributed by atoms with Crippen LogP contribution in [0, 0.1) is 0 Å². The molecular formula is C13H16N2O2. The molecule has 4 heteroatoms. The minimum atomic E-state index is -0.452. The maximum Gasteiger partial charge on any atom is 0.242 e. The molecule has 0 aliphatic heterocycles. The zero-order valence-corrected chi connectivity index (χ0v) is 9.76. The highest BCUT2D eigenvalue weighted by molar-refractivity contribution is 5.90. The van der Waals surface area contributed by atoms with Crippen LogP contribution in [0.4, 0.5) is 0 Å². The van der Waals surface area contributed by atoms with Gasteiger partial charge in [-0.05, 0) is 17.5 Å². The highest BCUT2D eigenvalue weighted by Crippen LogP contribution is 2.07. The Morgan fingerprint density at radius 3 is 2.59 bits per heavy atom. The summed E-state index contributed by atoms with van der Waals surface area (Å²) in [6.07, 6.45) is 2.04. The second-order valence-corrected chi connectivity index (χ2v) is 3.82. The summed E-state index contributed by atoms with van der Waals surface area (Å²) >= 11 is 0. The number of nitrogens with two attached hydrogens (primary N) is 1. The van der Waals surface area contributed by atoms with E-state index in [4.69, 9.17) is 10.8 Å². The topological polar surface area (TPSA) is 75.7 Å². The molecular weight excluding hydrogens is 216 g/mol. The van der Waals surface area contributed by atoms with E-state index in [2.05, 4.69) is 11.6 Å². The SMILES string of the molecule is C=C(O)C(N)Cc1ccc(C=NC(C)=O)cc1. The fraction of sp³-hybridized carbons (Fsp3) is 0.231. The molecule has 1 amide bonds. The molecule has 1 unspecified atom stereocenters.